The van der Waals surface area contributed by atoms with Gasteiger partial charge in [0.05, 0.1) is 23.2 Å². The van der Waals surface area contributed by atoms with E-state index in [0.29, 0.717) is 0 Å². The average molecular weight is 294 g/mol. The third-order valence-corrected chi connectivity index (χ3v) is 2.70. The number of halogens is 2. The minimum absolute atomic E-state index is 0.0524. The highest BCUT2D eigenvalue weighted by Crippen LogP contribution is 2.39. The second kappa shape index (κ2) is 5.47. The van der Waals surface area contributed by atoms with Gasteiger partial charge in [-0.2, -0.15) is 0 Å². The summed E-state index contributed by atoms with van der Waals surface area (Å²) in [4.78, 5) is 0. The molecule has 4 nitrogen and oxygen atoms in total. The predicted molar refractivity (Wildman–Crippen MR) is 61.2 cm³/mol. The van der Waals surface area contributed by atoms with Gasteiger partial charge in [0.1, 0.15) is 5.82 Å². The number of phenolic OH excluding ortho intramolecular Hbond substituents is 1. The molecular weight excluding hydrogens is 281 g/mol. The van der Waals surface area contributed by atoms with Gasteiger partial charge >= 0.3 is 0 Å². The van der Waals surface area contributed by atoms with Crippen LogP contribution in [0.3, 0.4) is 0 Å². The maximum absolute atomic E-state index is 13.8. The van der Waals surface area contributed by atoms with Crippen LogP contribution in [0.5, 0.6) is 11.5 Å². The molecule has 0 heterocycles. The molecule has 1 rings (SSSR count). The Bertz CT molecular complexity index is 387. The van der Waals surface area contributed by atoms with E-state index in [4.69, 9.17) is 4.74 Å². The molecule has 0 aliphatic carbocycles. The molecule has 6 heteroatoms. The van der Waals surface area contributed by atoms with E-state index in [1.165, 1.54) is 13.2 Å². The summed E-state index contributed by atoms with van der Waals surface area (Å²) in [5.74, 6) is -0.915. The Morgan fingerprint density at radius 2 is 2.25 bits per heavy atom. The lowest BCUT2D eigenvalue weighted by Gasteiger charge is -2.17. The van der Waals surface area contributed by atoms with Gasteiger partial charge in [-0.3, -0.25) is 0 Å². The second-order valence-electron chi connectivity index (χ2n) is 3.21. The summed E-state index contributed by atoms with van der Waals surface area (Å²) in [6, 6.07) is 1.18. The van der Waals surface area contributed by atoms with Crippen molar-refractivity contribution in [3.8, 4) is 11.5 Å². The number of aliphatic hydroxyl groups excluding tert-OH is 1. The molecule has 90 valence electrons. The molecule has 0 bridgehead atoms. The summed E-state index contributed by atoms with van der Waals surface area (Å²) in [6.45, 7) is 0.156. The number of nitrogens with one attached hydrogen (secondary N) is 1. The van der Waals surface area contributed by atoms with E-state index in [-0.39, 0.29) is 28.1 Å². The number of aromatic hydroxyl groups is 1. The smallest absolute Gasteiger partial charge is 0.169 e. The zero-order chi connectivity index (χ0) is 12.3. The Balaban J connectivity index is 3.32. The van der Waals surface area contributed by atoms with Crippen molar-refractivity contribution >= 4 is 15.9 Å². The van der Waals surface area contributed by atoms with Crippen molar-refractivity contribution in [3.63, 3.8) is 0 Å². The number of hydrogen-bond acceptors (Lipinski definition) is 4. The van der Waals surface area contributed by atoms with E-state index in [1.807, 2.05) is 0 Å². The van der Waals surface area contributed by atoms with Crippen LogP contribution < -0.4 is 10.1 Å². The van der Waals surface area contributed by atoms with Crippen molar-refractivity contribution in [2.24, 2.45) is 0 Å². The molecule has 1 aromatic rings. The molecule has 3 N–H and O–H groups in total. The summed E-state index contributed by atoms with van der Waals surface area (Å²) in [5, 5.41) is 22.0. The fraction of sp³-hybridized carbons (Fsp3) is 0.400. The lowest BCUT2D eigenvalue weighted by atomic mass is 10.1. The largest absolute Gasteiger partial charge is 0.504 e. The van der Waals surface area contributed by atoms with E-state index < -0.39 is 11.9 Å². The fourth-order valence-electron chi connectivity index (χ4n) is 1.42. The Morgan fingerprint density at radius 3 is 2.75 bits per heavy atom. The molecule has 0 saturated heterocycles. The summed E-state index contributed by atoms with van der Waals surface area (Å²) >= 11 is 2.96. The lowest BCUT2D eigenvalue weighted by Crippen LogP contribution is -2.18. The van der Waals surface area contributed by atoms with Crippen LogP contribution in [0.1, 0.15) is 11.7 Å². The van der Waals surface area contributed by atoms with Crippen molar-refractivity contribution in [1.29, 1.82) is 0 Å². The van der Waals surface area contributed by atoms with Gasteiger partial charge in [0, 0.05) is 12.6 Å². The van der Waals surface area contributed by atoms with Crippen molar-refractivity contribution < 1.29 is 19.3 Å². The van der Waals surface area contributed by atoms with Crippen molar-refractivity contribution in [3.05, 3.63) is 21.9 Å². The first kappa shape index (κ1) is 13.2. The molecule has 0 saturated carbocycles. The molecule has 0 radical (unpaired) electrons. The van der Waals surface area contributed by atoms with Crippen LogP contribution >= 0.6 is 15.9 Å². The Labute approximate surface area is 101 Å². The Hall–Kier alpha value is -0.850. The van der Waals surface area contributed by atoms with Gasteiger partial charge in [-0.1, -0.05) is 0 Å². The van der Waals surface area contributed by atoms with Crippen LogP contribution in [-0.4, -0.2) is 30.9 Å². The van der Waals surface area contributed by atoms with Gasteiger partial charge in [-0.25, -0.2) is 4.39 Å². The number of phenols is 1. The molecule has 16 heavy (non-hydrogen) atoms. The molecule has 0 spiro atoms. The van der Waals surface area contributed by atoms with Crippen LogP contribution in [0, 0.1) is 5.82 Å². The fourth-order valence-corrected chi connectivity index (χ4v) is 1.85. The maximum atomic E-state index is 13.8. The number of ether oxygens (including phenoxy) is 1. The summed E-state index contributed by atoms with van der Waals surface area (Å²) < 4.78 is 18.7. The van der Waals surface area contributed by atoms with Crippen LogP contribution in [0.4, 0.5) is 4.39 Å². The molecular formula is C10H13BrFNO3. The normalized spacial score (nSPS) is 12.6. The third-order valence-electron chi connectivity index (χ3n) is 2.12. The number of hydrogen-bond donors (Lipinski definition) is 3. The molecule has 1 aromatic carbocycles. The lowest BCUT2D eigenvalue weighted by molar-refractivity contribution is 0.167. The number of benzene rings is 1. The zero-order valence-corrected chi connectivity index (χ0v) is 10.5. The minimum atomic E-state index is -1.09. The van der Waals surface area contributed by atoms with Gasteiger partial charge in [-0.05, 0) is 23.0 Å². The molecule has 0 aliphatic rings. The SMILES string of the molecule is CNCC(O)c1c(F)c(Br)cc(O)c1OC. The average Bonchev–Trinajstić information content (AvgIpc) is 2.23. The molecule has 0 fully saturated rings. The Morgan fingerprint density at radius 1 is 1.62 bits per heavy atom. The van der Waals surface area contributed by atoms with Crippen molar-refractivity contribution in [1.82, 2.24) is 5.32 Å². The number of methoxy groups -OCH3 is 1. The second-order valence-corrected chi connectivity index (χ2v) is 4.07. The van der Waals surface area contributed by atoms with Gasteiger partial charge in [0.25, 0.3) is 0 Å². The minimum Gasteiger partial charge on any atom is -0.504 e. The van der Waals surface area contributed by atoms with Gasteiger partial charge in [0.15, 0.2) is 11.5 Å². The summed E-state index contributed by atoms with van der Waals surface area (Å²) in [6.07, 6.45) is -1.09. The van der Waals surface area contributed by atoms with E-state index in [0.717, 1.165) is 0 Å². The van der Waals surface area contributed by atoms with E-state index in [2.05, 4.69) is 21.2 Å². The topological polar surface area (TPSA) is 61.7 Å². The first-order chi connectivity index (χ1) is 7.52. The van der Waals surface area contributed by atoms with E-state index in [1.54, 1.807) is 7.05 Å². The van der Waals surface area contributed by atoms with Gasteiger partial charge in [0.2, 0.25) is 0 Å². The molecule has 1 unspecified atom stereocenters. The zero-order valence-electron chi connectivity index (χ0n) is 8.92. The first-order valence-electron chi connectivity index (χ1n) is 4.60. The summed E-state index contributed by atoms with van der Waals surface area (Å²) in [5.41, 5.74) is -0.0660. The van der Waals surface area contributed by atoms with Gasteiger partial charge < -0.3 is 20.3 Å². The van der Waals surface area contributed by atoms with Crippen LogP contribution in [0.15, 0.2) is 10.5 Å². The quantitative estimate of drug-likeness (QED) is 0.788. The van der Waals surface area contributed by atoms with Gasteiger partial charge in [-0.15, -0.1) is 0 Å². The maximum Gasteiger partial charge on any atom is 0.169 e. The molecule has 1 atom stereocenters. The standard InChI is InChI=1S/C10H13BrFNO3/c1-13-4-7(15)8-9(12)5(11)3-6(14)10(8)16-2/h3,7,13-15H,4H2,1-2H3. The van der Waals surface area contributed by atoms with Crippen LogP contribution in [0.2, 0.25) is 0 Å². The Kier molecular flexibility index (Phi) is 4.52. The summed E-state index contributed by atoms with van der Waals surface area (Å²) in [7, 11) is 2.93. The van der Waals surface area contributed by atoms with E-state index >= 15 is 0 Å². The third kappa shape index (κ3) is 2.45. The van der Waals surface area contributed by atoms with Crippen LogP contribution in [-0.2, 0) is 0 Å². The number of likely N-dealkylation sites (N-methyl/N-ethyl adjacent to an activating group) is 1. The van der Waals surface area contributed by atoms with Crippen molar-refractivity contribution in [2.45, 2.75) is 6.10 Å². The highest BCUT2D eigenvalue weighted by Gasteiger charge is 2.23. The van der Waals surface area contributed by atoms with E-state index in [9.17, 15) is 14.6 Å². The monoisotopic (exact) mass is 293 g/mol. The molecule has 0 aliphatic heterocycles. The number of rotatable bonds is 4. The van der Waals surface area contributed by atoms with Crippen LogP contribution in [0.25, 0.3) is 0 Å². The predicted octanol–water partition coefficient (Wildman–Crippen LogP) is 1.56. The molecule has 0 aromatic heterocycles. The first-order valence-corrected chi connectivity index (χ1v) is 5.39. The highest BCUT2D eigenvalue weighted by molar-refractivity contribution is 9.10. The highest BCUT2D eigenvalue weighted by atomic mass is 79.9. The molecule has 0 amide bonds. The van der Waals surface area contributed by atoms with Crippen molar-refractivity contribution in [2.75, 3.05) is 20.7 Å². The number of aliphatic hydroxyl groups is 1.